The molecule has 0 amide bonds. The monoisotopic (exact) mass is 489 g/mol. The van der Waals surface area contributed by atoms with Crippen LogP contribution in [-0.4, -0.2) is 63.9 Å². The SMILES string of the molecule is Cc1c([C@@H]2[C@@H](c3ccccn3)NC(=S)N2CCCN2CCOCC2)c(C)n(-c2ccccc2)c1C. The highest BCUT2D eigenvalue weighted by atomic mass is 32.1. The third-order valence-corrected chi connectivity index (χ3v) is 7.84. The van der Waals surface area contributed by atoms with Gasteiger partial charge in [-0.15, -0.1) is 0 Å². The summed E-state index contributed by atoms with van der Waals surface area (Å²) in [5.74, 6) is 0. The lowest BCUT2D eigenvalue weighted by molar-refractivity contribution is 0.0365. The van der Waals surface area contributed by atoms with Gasteiger partial charge in [0.1, 0.15) is 0 Å². The summed E-state index contributed by atoms with van der Waals surface area (Å²) in [5.41, 5.74) is 7.43. The van der Waals surface area contributed by atoms with Crippen molar-refractivity contribution in [3.8, 4) is 5.69 Å². The second-order valence-corrected chi connectivity index (χ2v) is 9.89. The fourth-order valence-corrected chi connectivity index (χ4v) is 5.99. The lowest BCUT2D eigenvalue weighted by Gasteiger charge is -2.31. The zero-order valence-corrected chi connectivity index (χ0v) is 21.7. The number of benzene rings is 1. The number of aromatic nitrogens is 2. The van der Waals surface area contributed by atoms with E-state index in [0.717, 1.165) is 56.6 Å². The quantitative estimate of drug-likeness (QED) is 0.494. The first-order valence-corrected chi connectivity index (χ1v) is 13.0. The number of thiocarbonyl (C=S) groups is 1. The van der Waals surface area contributed by atoms with Crippen LogP contribution in [0.4, 0.5) is 0 Å². The summed E-state index contributed by atoms with van der Waals surface area (Å²) in [6, 6.07) is 16.9. The molecule has 2 atom stereocenters. The fraction of sp³-hybridized carbons (Fsp3) is 0.429. The number of nitrogens with one attached hydrogen (secondary N) is 1. The maximum atomic E-state index is 5.93. The zero-order valence-electron chi connectivity index (χ0n) is 20.9. The molecule has 2 aromatic heterocycles. The second-order valence-electron chi connectivity index (χ2n) is 9.51. The van der Waals surface area contributed by atoms with Crippen LogP contribution >= 0.6 is 12.2 Å². The van der Waals surface area contributed by atoms with Gasteiger partial charge in [0.25, 0.3) is 0 Å². The highest BCUT2D eigenvalue weighted by Gasteiger charge is 2.42. The molecule has 5 rings (SSSR count). The molecule has 0 saturated carbocycles. The minimum absolute atomic E-state index is 0.00973. The first kappa shape index (κ1) is 24.0. The van der Waals surface area contributed by atoms with Gasteiger partial charge in [-0.05, 0) is 69.2 Å². The Bertz CT molecular complexity index is 1160. The molecule has 7 heteroatoms. The molecule has 0 bridgehead atoms. The van der Waals surface area contributed by atoms with Crippen molar-refractivity contribution in [1.29, 1.82) is 0 Å². The van der Waals surface area contributed by atoms with Crippen LogP contribution in [0, 0.1) is 20.8 Å². The Kier molecular flexibility index (Phi) is 7.18. The summed E-state index contributed by atoms with van der Waals surface area (Å²) in [6.07, 6.45) is 2.93. The van der Waals surface area contributed by atoms with E-state index >= 15 is 0 Å². The van der Waals surface area contributed by atoms with E-state index in [4.69, 9.17) is 21.9 Å². The van der Waals surface area contributed by atoms with Gasteiger partial charge in [0, 0.05) is 55.0 Å². The Morgan fingerprint density at radius 3 is 2.43 bits per heavy atom. The van der Waals surface area contributed by atoms with Crippen molar-refractivity contribution in [3.63, 3.8) is 0 Å². The van der Waals surface area contributed by atoms with Gasteiger partial charge < -0.3 is 19.5 Å². The molecular formula is C28H35N5OS. The molecule has 2 aliphatic rings. The van der Waals surface area contributed by atoms with Crippen LogP contribution in [-0.2, 0) is 4.74 Å². The van der Waals surface area contributed by atoms with E-state index in [2.05, 4.69) is 82.9 Å². The van der Waals surface area contributed by atoms with Crippen LogP contribution in [0.2, 0.25) is 0 Å². The van der Waals surface area contributed by atoms with Gasteiger partial charge in [-0.25, -0.2) is 0 Å². The minimum Gasteiger partial charge on any atom is -0.379 e. The van der Waals surface area contributed by atoms with E-state index in [0.29, 0.717) is 0 Å². The smallest absolute Gasteiger partial charge is 0.170 e. The Balaban J connectivity index is 1.51. The standard InChI is InChI=1S/C28H35N5OS/c1-20-21(2)33(23-10-5-4-6-11-23)22(3)25(20)27-26(24-12-7-8-13-29-24)30-28(35)32(27)15-9-14-31-16-18-34-19-17-31/h4-8,10-13,26-27H,9,14-19H2,1-3H3,(H,30,35)/t26-,27-/m1/s1. The van der Waals surface area contributed by atoms with E-state index in [1.54, 1.807) is 0 Å². The van der Waals surface area contributed by atoms with Crippen LogP contribution in [0.25, 0.3) is 5.69 Å². The number of ether oxygens (including phenoxy) is 1. The third kappa shape index (κ3) is 4.73. The Morgan fingerprint density at radius 2 is 1.71 bits per heavy atom. The van der Waals surface area contributed by atoms with E-state index in [9.17, 15) is 0 Å². The van der Waals surface area contributed by atoms with Gasteiger partial charge in [-0.2, -0.15) is 0 Å². The van der Waals surface area contributed by atoms with Gasteiger partial charge in [0.05, 0.1) is 31.0 Å². The van der Waals surface area contributed by atoms with Gasteiger partial charge in [0.15, 0.2) is 5.11 Å². The van der Waals surface area contributed by atoms with E-state index in [1.165, 1.54) is 28.2 Å². The first-order chi connectivity index (χ1) is 17.1. The summed E-state index contributed by atoms with van der Waals surface area (Å²) in [4.78, 5) is 9.62. The molecule has 184 valence electrons. The number of morpholine rings is 1. The highest BCUT2D eigenvalue weighted by Crippen LogP contribution is 2.43. The number of nitrogens with zero attached hydrogens (tertiary/aromatic N) is 4. The summed E-state index contributed by atoms with van der Waals surface area (Å²) < 4.78 is 7.90. The molecule has 0 unspecified atom stereocenters. The van der Waals surface area contributed by atoms with Crippen molar-refractivity contribution in [2.75, 3.05) is 39.4 Å². The molecule has 2 fully saturated rings. The Hall–Kier alpha value is -2.74. The molecular weight excluding hydrogens is 454 g/mol. The summed E-state index contributed by atoms with van der Waals surface area (Å²) in [7, 11) is 0. The van der Waals surface area contributed by atoms with Gasteiger partial charge in [-0.3, -0.25) is 9.88 Å². The van der Waals surface area contributed by atoms with Crippen molar-refractivity contribution in [1.82, 2.24) is 24.7 Å². The van der Waals surface area contributed by atoms with Gasteiger partial charge >= 0.3 is 0 Å². The lowest BCUT2D eigenvalue weighted by atomic mass is 9.93. The summed E-state index contributed by atoms with van der Waals surface area (Å²) in [6.45, 7) is 12.4. The number of hydrogen-bond acceptors (Lipinski definition) is 4. The van der Waals surface area contributed by atoms with E-state index in [1.807, 2.05) is 12.3 Å². The molecule has 1 N–H and O–H groups in total. The molecule has 2 aliphatic heterocycles. The molecule has 0 aliphatic carbocycles. The molecule has 0 spiro atoms. The molecule has 4 heterocycles. The zero-order chi connectivity index (χ0) is 24.4. The van der Waals surface area contributed by atoms with Crippen LogP contribution in [0.1, 0.15) is 46.7 Å². The largest absolute Gasteiger partial charge is 0.379 e. The second kappa shape index (κ2) is 10.5. The normalized spacial score (nSPS) is 20.9. The molecule has 35 heavy (non-hydrogen) atoms. The van der Waals surface area contributed by atoms with Crippen molar-refractivity contribution >= 4 is 17.3 Å². The predicted molar refractivity (Wildman–Crippen MR) is 144 cm³/mol. The van der Waals surface area contributed by atoms with Crippen LogP contribution in [0.15, 0.2) is 54.7 Å². The Labute approximate surface area is 213 Å². The third-order valence-electron chi connectivity index (χ3n) is 7.49. The maximum absolute atomic E-state index is 5.93. The Morgan fingerprint density at radius 1 is 0.971 bits per heavy atom. The number of para-hydroxylation sites is 1. The highest BCUT2D eigenvalue weighted by molar-refractivity contribution is 7.80. The number of pyridine rings is 1. The van der Waals surface area contributed by atoms with E-state index in [-0.39, 0.29) is 12.1 Å². The average Bonchev–Trinajstić information content (AvgIpc) is 3.32. The van der Waals surface area contributed by atoms with Crippen LogP contribution < -0.4 is 5.32 Å². The van der Waals surface area contributed by atoms with E-state index < -0.39 is 0 Å². The van der Waals surface area contributed by atoms with Crippen molar-refractivity contribution < 1.29 is 4.74 Å². The summed E-state index contributed by atoms with van der Waals surface area (Å²) >= 11 is 5.93. The van der Waals surface area contributed by atoms with Crippen LogP contribution in [0.3, 0.4) is 0 Å². The molecule has 0 radical (unpaired) electrons. The fourth-order valence-electron chi connectivity index (χ4n) is 5.66. The van der Waals surface area contributed by atoms with Gasteiger partial charge in [0.2, 0.25) is 0 Å². The molecule has 1 aromatic carbocycles. The lowest BCUT2D eigenvalue weighted by Crippen LogP contribution is -2.39. The number of hydrogen-bond donors (Lipinski definition) is 1. The first-order valence-electron chi connectivity index (χ1n) is 12.6. The minimum atomic E-state index is 0.00973. The molecule has 3 aromatic rings. The van der Waals surface area contributed by atoms with Crippen molar-refractivity contribution in [2.45, 2.75) is 39.3 Å². The van der Waals surface area contributed by atoms with Gasteiger partial charge in [-0.1, -0.05) is 24.3 Å². The van der Waals surface area contributed by atoms with Crippen molar-refractivity contribution in [2.24, 2.45) is 0 Å². The average molecular weight is 490 g/mol. The summed E-state index contributed by atoms with van der Waals surface area (Å²) in [5, 5.41) is 4.45. The maximum Gasteiger partial charge on any atom is 0.170 e. The van der Waals surface area contributed by atoms with Crippen molar-refractivity contribution in [3.05, 3.63) is 82.9 Å². The molecule has 2 saturated heterocycles. The van der Waals surface area contributed by atoms with Crippen LogP contribution in [0.5, 0.6) is 0 Å². The number of rotatable bonds is 7. The topological polar surface area (TPSA) is 45.6 Å². The predicted octanol–water partition coefficient (Wildman–Crippen LogP) is 4.49. The molecule has 6 nitrogen and oxygen atoms in total.